The molecule has 11 heteroatoms. The molecule has 8 N–H and O–H groups in total. The van der Waals surface area contributed by atoms with Gasteiger partial charge in [0.2, 0.25) is 17.7 Å². The number of aliphatic carboxylic acids is 1. The second-order valence-electron chi connectivity index (χ2n) is 7.75. The number of aliphatic hydroxyl groups is 1. The lowest BCUT2D eigenvalue weighted by atomic mass is 10.0. The number of carboxylic acid groups (broad SMARTS) is 1. The Balaban J connectivity index is 2.18. The molecule has 3 atom stereocenters. The lowest BCUT2D eigenvalue weighted by Gasteiger charge is -2.23. The van der Waals surface area contributed by atoms with Crippen molar-refractivity contribution in [2.24, 2.45) is 11.7 Å². The van der Waals surface area contributed by atoms with Crippen molar-refractivity contribution in [3.8, 4) is 0 Å². The molecule has 3 amide bonds. The number of nitrogens with one attached hydrogen (secondary N) is 4. The molecule has 174 valence electrons. The molecule has 11 nitrogen and oxygen atoms in total. The number of H-pyrrole nitrogens is 1. The van der Waals surface area contributed by atoms with Crippen LogP contribution in [0.25, 0.3) is 10.9 Å². The Kier molecular flexibility index (Phi) is 8.73. The van der Waals surface area contributed by atoms with Crippen LogP contribution in [-0.4, -0.2) is 70.2 Å². The average Bonchev–Trinajstić information content (AvgIpc) is 3.17. The number of nitrogens with two attached hydrogens (primary N) is 1. The zero-order valence-electron chi connectivity index (χ0n) is 17.9. The first kappa shape index (κ1) is 24.8. The Morgan fingerprint density at radius 3 is 2.31 bits per heavy atom. The number of hydrogen-bond acceptors (Lipinski definition) is 6. The predicted molar refractivity (Wildman–Crippen MR) is 116 cm³/mol. The van der Waals surface area contributed by atoms with E-state index >= 15 is 0 Å². The quantitative estimate of drug-likeness (QED) is 0.227. The zero-order valence-corrected chi connectivity index (χ0v) is 17.9. The first-order valence-electron chi connectivity index (χ1n) is 10.2. The molecule has 2 aromatic rings. The number of carbonyl (C=O) groups is 4. The molecule has 0 aliphatic heterocycles. The van der Waals surface area contributed by atoms with Crippen LogP contribution in [0.5, 0.6) is 0 Å². The zero-order chi connectivity index (χ0) is 23.8. The second kappa shape index (κ2) is 11.3. The topological polar surface area (TPSA) is 187 Å². The lowest BCUT2D eigenvalue weighted by Crippen LogP contribution is -2.58. The number of aromatic amines is 1. The number of aliphatic hydroxyl groups excluding tert-OH is 1. The predicted octanol–water partition coefficient (Wildman–Crippen LogP) is -1.14. The van der Waals surface area contributed by atoms with Crippen LogP contribution in [0.4, 0.5) is 0 Å². The van der Waals surface area contributed by atoms with Crippen LogP contribution in [0.15, 0.2) is 30.5 Å². The Bertz CT molecular complexity index is 972. The van der Waals surface area contributed by atoms with E-state index in [4.69, 9.17) is 10.8 Å². The molecule has 3 unspecified atom stereocenters. The summed E-state index contributed by atoms with van der Waals surface area (Å²) in [6, 6.07) is 4.02. The second-order valence-corrected chi connectivity index (χ2v) is 7.75. The number of hydrogen-bond donors (Lipinski definition) is 7. The Morgan fingerprint density at radius 2 is 1.69 bits per heavy atom. The summed E-state index contributed by atoms with van der Waals surface area (Å²) in [5.74, 6) is -3.55. The number of aromatic nitrogens is 1. The minimum atomic E-state index is -1.33. The highest BCUT2D eigenvalue weighted by Gasteiger charge is 2.29. The number of carbonyl (C=O) groups excluding carboxylic acids is 3. The molecule has 1 aromatic heterocycles. The summed E-state index contributed by atoms with van der Waals surface area (Å²) in [6.07, 6.45) is 1.75. The van der Waals surface area contributed by atoms with Crippen LogP contribution >= 0.6 is 0 Å². The highest BCUT2D eigenvalue weighted by molar-refractivity contribution is 5.94. The van der Waals surface area contributed by atoms with Gasteiger partial charge >= 0.3 is 5.97 Å². The molecule has 0 spiro atoms. The summed E-state index contributed by atoms with van der Waals surface area (Å²) in [7, 11) is 0. The van der Waals surface area contributed by atoms with E-state index in [0.717, 1.165) is 16.5 Å². The standard InChI is InChI=1S/C21H29N5O6/c1-11(2)18(22)21(32)26-16(10-27)20(31)25-15(19(30)24-9-17(28)29)7-12-8-23-14-6-4-3-5-13(12)14/h3-6,8,11,15-16,18,23,27H,7,9-10,22H2,1-2H3,(H,24,30)(H,25,31)(H,26,32)(H,28,29). The third kappa shape index (κ3) is 6.53. The number of benzene rings is 1. The summed E-state index contributed by atoms with van der Waals surface area (Å²) in [5.41, 5.74) is 7.33. The van der Waals surface area contributed by atoms with E-state index in [1.54, 1.807) is 20.0 Å². The maximum absolute atomic E-state index is 12.7. The number of amides is 3. The van der Waals surface area contributed by atoms with Crippen molar-refractivity contribution in [2.75, 3.05) is 13.2 Å². The molecule has 0 radical (unpaired) electrons. The molecule has 1 heterocycles. The first-order valence-corrected chi connectivity index (χ1v) is 10.2. The van der Waals surface area contributed by atoms with Crippen LogP contribution in [0.2, 0.25) is 0 Å². The van der Waals surface area contributed by atoms with E-state index in [9.17, 15) is 24.3 Å². The summed E-state index contributed by atoms with van der Waals surface area (Å²) in [4.78, 5) is 51.4. The number of para-hydroxylation sites is 1. The number of fused-ring (bicyclic) bond motifs is 1. The highest BCUT2D eigenvalue weighted by atomic mass is 16.4. The van der Waals surface area contributed by atoms with Gasteiger partial charge in [-0.25, -0.2) is 0 Å². The van der Waals surface area contributed by atoms with Crippen LogP contribution in [0.1, 0.15) is 19.4 Å². The van der Waals surface area contributed by atoms with Gasteiger partial charge in [0.15, 0.2) is 0 Å². The summed E-state index contributed by atoms with van der Waals surface area (Å²) in [5, 5.41) is 26.4. The molecule has 0 aliphatic rings. The van der Waals surface area contributed by atoms with Crippen LogP contribution in [0.3, 0.4) is 0 Å². The van der Waals surface area contributed by atoms with E-state index in [1.807, 2.05) is 24.3 Å². The fraction of sp³-hybridized carbons (Fsp3) is 0.429. The van der Waals surface area contributed by atoms with Gasteiger partial charge in [-0.15, -0.1) is 0 Å². The average molecular weight is 447 g/mol. The van der Waals surface area contributed by atoms with Gasteiger partial charge in [0.25, 0.3) is 0 Å². The maximum Gasteiger partial charge on any atom is 0.322 e. The van der Waals surface area contributed by atoms with Gasteiger partial charge in [-0.1, -0.05) is 32.0 Å². The molecule has 0 bridgehead atoms. The van der Waals surface area contributed by atoms with E-state index in [1.165, 1.54) is 0 Å². The van der Waals surface area contributed by atoms with E-state index < -0.39 is 55.0 Å². The third-order valence-electron chi connectivity index (χ3n) is 4.98. The molecule has 0 saturated carbocycles. The van der Waals surface area contributed by atoms with Crippen molar-refractivity contribution >= 4 is 34.6 Å². The van der Waals surface area contributed by atoms with Crippen molar-refractivity contribution in [3.63, 3.8) is 0 Å². The maximum atomic E-state index is 12.7. The molecule has 1 aromatic carbocycles. The minimum Gasteiger partial charge on any atom is -0.480 e. The van der Waals surface area contributed by atoms with Crippen LogP contribution < -0.4 is 21.7 Å². The Hall–Kier alpha value is -3.44. The fourth-order valence-corrected chi connectivity index (χ4v) is 3.05. The van der Waals surface area contributed by atoms with Crippen molar-refractivity contribution < 1.29 is 29.4 Å². The van der Waals surface area contributed by atoms with Gasteiger partial charge < -0.3 is 36.9 Å². The van der Waals surface area contributed by atoms with Crippen LogP contribution in [0, 0.1) is 5.92 Å². The van der Waals surface area contributed by atoms with Gasteiger partial charge in [0.1, 0.15) is 18.6 Å². The van der Waals surface area contributed by atoms with E-state index in [-0.39, 0.29) is 12.3 Å². The molecular formula is C21H29N5O6. The van der Waals surface area contributed by atoms with Crippen molar-refractivity contribution in [2.45, 2.75) is 38.4 Å². The molecule has 32 heavy (non-hydrogen) atoms. The van der Waals surface area contributed by atoms with Gasteiger partial charge in [-0.3, -0.25) is 19.2 Å². The monoisotopic (exact) mass is 447 g/mol. The van der Waals surface area contributed by atoms with Crippen molar-refractivity contribution in [1.29, 1.82) is 0 Å². The first-order chi connectivity index (χ1) is 15.1. The van der Waals surface area contributed by atoms with E-state index in [2.05, 4.69) is 20.9 Å². The lowest BCUT2D eigenvalue weighted by molar-refractivity contribution is -0.138. The molecule has 0 fully saturated rings. The van der Waals surface area contributed by atoms with Crippen molar-refractivity contribution in [1.82, 2.24) is 20.9 Å². The van der Waals surface area contributed by atoms with Gasteiger partial charge in [-0.05, 0) is 17.5 Å². The van der Waals surface area contributed by atoms with Gasteiger partial charge in [0, 0.05) is 23.5 Å². The van der Waals surface area contributed by atoms with Gasteiger partial charge in [0.05, 0.1) is 12.6 Å². The molecule has 0 aliphatic carbocycles. The Morgan fingerprint density at radius 1 is 1.03 bits per heavy atom. The summed E-state index contributed by atoms with van der Waals surface area (Å²) < 4.78 is 0. The fourth-order valence-electron chi connectivity index (χ4n) is 3.05. The normalized spacial score (nSPS) is 13.9. The number of carboxylic acids is 1. The SMILES string of the molecule is CC(C)C(N)C(=O)NC(CO)C(=O)NC(Cc1c[nH]c2ccccc12)C(=O)NCC(=O)O. The summed E-state index contributed by atoms with van der Waals surface area (Å²) in [6.45, 7) is 2.14. The summed E-state index contributed by atoms with van der Waals surface area (Å²) >= 11 is 0. The molecule has 0 saturated heterocycles. The Labute approximate surface area is 184 Å². The van der Waals surface area contributed by atoms with Crippen molar-refractivity contribution in [3.05, 3.63) is 36.0 Å². The minimum absolute atomic E-state index is 0.0544. The molecule has 2 rings (SSSR count). The largest absolute Gasteiger partial charge is 0.480 e. The number of rotatable bonds is 11. The smallest absolute Gasteiger partial charge is 0.322 e. The molecular weight excluding hydrogens is 418 g/mol. The van der Waals surface area contributed by atoms with Crippen LogP contribution in [-0.2, 0) is 25.6 Å². The highest BCUT2D eigenvalue weighted by Crippen LogP contribution is 2.19. The van der Waals surface area contributed by atoms with E-state index in [0.29, 0.717) is 0 Å². The third-order valence-corrected chi connectivity index (χ3v) is 4.98. The van der Waals surface area contributed by atoms with Gasteiger partial charge in [-0.2, -0.15) is 0 Å².